The van der Waals surface area contributed by atoms with Gasteiger partial charge in [-0.05, 0) is 49.2 Å². The van der Waals surface area contributed by atoms with Crippen LogP contribution in [0.15, 0.2) is 54.6 Å². The van der Waals surface area contributed by atoms with E-state index in [-0.39, 0.29) is 5.82 Å². The van der Waals surface area contributed by atoms with Gasteiger partial charge in [0, 0.05) is 6.54 Å². The van der Waals surface area contributed by atoms with Crippen LogP contribution in [0, 0.1) is 11.0 Å². The van der Waals surface area contributed by atoms with Gasteiger partial charge >= 0.3 is 0 Å². The molecule has 0 radical (unpaired) electrons. The number of rotatable bonds is 4. The summed E-state index contributed by atoms with van der Waals surface area (Å²) in [6.45, 7) is 2.23. The van der Waals surface area contributed by atoms with Crippen LogP contribution in [0.1, 0.15) is 24.0 Å². The van der Waals surface area contributed by atoms with Crippen LogP contribution in [-0.2, 0) is 16.8 Å². The molecule has 4 nitrogen and oxygen atoms in total. The highest BCUT2D eigenvalue weighted by atomic mass is 19.1. The van der Waals surface area contributed by atoms with Gasteiger partial charge in [-0.2, -0.15) is 0 Å². The molecule has 0 saturated carbocycles. The van der Waals surface area contributed by atoms with Gasteiger partial charge < -0.3 is 10.7 Å². The molecule has 0 bridgehead atoms. The Morgan fingerprint density at radius 3 is 2.29 bits per heavy atom. The van der Waals surface area contributed by atoms with E-state index in [9.17, 15) is 14.4 Å². The number of nitrogens with zero attached hydrogens (tertiary/aromatic N) is 1. The number of piperidine rings is 1. The van der Waals surface area contributed by atoms with Gasteiger partial charge in [-0.3, -0.25) is 9.69 Å². The van der Waals surface area contributed by atoms with Crippen LogP contribution in [0.25, 0.3) is 0 Å². The largest absolute Gasteiger partial charge is 0.759 e. The SMILES string of the molecule is O=C(N[O-])C1(c2ccc(F)cc2)CCN(Cc2ccccc2)CC1. The Morgan fingerprint density at radius 2 is 1.71 bits per heavy atom. The Hall–Kier alpha value is -2.24. The summed E-state index contributed by atoms with van der Waals surface area (Å²) in [6.07, 6.45) is 1.08. The molecule has 1 aliphatic heterocycles. The molecule has 0 unspecified atom stereocenters. The minimum Gasteiger partial charge on any atom is -0.759 e. The fourth-order valence-electron chi connectivity index (χ4n) is 3.45. The quantitative estimate of drug-likeness (QED) is 0.879. The van der Waals surface area contributed by atoms with Crippen LogP contribution in [0.3, 0.4) is 0 Å². The molecule has 0 aromatic heterocycles. The standard InChI is InChI=1S/C19H20FN2O2/c20-17-8-6-16(7-9-17)19(18(23)21-24)10-12-22(13-11-19)14-15-4-2-1-3-5-15/h1-9H,10-14H2,(H-,21,23,24)/q-1. The van der Waals surface area contributed by atoms with Gasteiger partial charge in [0.25, 0.3) is 0 Å². The summed E-state index contributed by atoms with van der Waals surface area (Å²) in [7, 11) is 0. The van der Waals surface area contributed by atoms with Crippen molar-refractivity contribution in [3.8, 4) is 0 Å². The predicted octanol–water partition coefficient (Wildman–Crippen LogP) is 2.97. The lowest BCUT2D eigenvalue weighted by Crippen LogP contribution is -2.50. The summed E-state index contributed by atoms with van der Waals surface area (Å²) in [5, 5.41) is 11.1. The zero-order valence-electron chi connectivity index (χ0n) is 13.4. The van der Waals surface area contributed by atoms with Crippen LogP contribution in [0.5, 0.6) is 0 Å². The number of likely N-dealkylation sites (tertiary alicyclic amines) is 1. The van der Waals surface area contributed by atoms with E-state index in [2.05, 4.69) is 17.0 Å². The van der Waals surface area contributed by atoms with E-state index in [0.717, 1.165) is 6.54 Å². The number of benzene rings is 2. The lowest BCUT2D eigenvalue weighted by Gasteiger charge is -2.41. The number of hydroxylamine groups is 1. The lowest BCUT2D eigenvalue weighted by atomic mass is 9.72. The van der Waals surface area contributed by atoms with Crippen molar-refractivity contribution in [2.75, 3.05) is 13.1 Å². The zero-order valence-corrected chi connectivity index (χ0v) is 13.4. The molecule has 1 aliphatic rings. The number of halogens is 1. The third kappa shape index (κ3) is 3.32. The third-order valence-electron chi connectivity index (χ3n) is 4.88. The molecule has 2 aromatic rings. The summed E-state index contributed by atoms with van der Waals surface area (Å²) in [5.74, 6) is -0.883. The number of carbonyl (C=O) groups excluding carboxylic acids is 1. The summed E-state index contributed by atoms with van der Waals surface area (Å²) >= 11 is 0. The lowest BCUT2D eigenvalue weighted by molar-refractivity contribution is -0.127. The fraction of sp³-hybridized carbons (Fsp3) is 0.316. The average molecular weight is 327 g/mol. The Morgan fingerprint density at radius 1 is 1.08 bits per heavy atom. The van der Waals surface area contributed by atoms with Gasteiger partial charge in [0.1, 0.15) is 5.82 Å². The van der Waals surface area contributed by atoms with Crippen LogP contribution in [-0.4, -0.2) is 23.9 Å². The molecule has 0 spiro atoms. The van der Waals surface area contributed by atoms with E-state index in [1.54, 1.807) is 17.6 Å². The smallest absolute Gasteiger partial charge is 0.220 e. The highest BCUT2D eigenvalue weighted by molar-refractivity contribution is 5.88. The van der Waals surface area contributed by atoms with E-state index in [0.29, 0.717) is 31.5 Å². The van der Waals surface area contributed by atoms with Crippen molar-refractivity contribution in [1.29, 1.82) is 0 Å². The van der Waals surface area contributed by atoms with Crippen molar-refractivity contribution in [1.82, 2.24) is 10.4 Å². The van der Waals surface area contributed by atoms with Gasteiger partial charge in [0.15, 0.2) is 0 Å². The molecule has 1 N–H and O–H groups in total. The minimum absolute atomic E-state index is 0.349. The Balaban J connectivity index is 1.76. The summed E-state index contributed by atoms with van der Waals surface area (Å²) in [6, 6.07) is 16.0. The Bertz CT molecular complexity index is 680. The summed E-state index contributed by atoms with van der Waals surface area (Å²) in [5.41, 5.74) is 2.61. The topological polar surface area (TPSA) is 55.4 Å². The zero-order chi connectivity index (χ0) is 17.0. The van der Waals surface area contributed by atoms with Crippen molar-refractivity contribution in [2.24, 2.45) is 0 Å². The van der Waals surface area contributed by atoms with Gasteiger partial charge in [0.2, 0.25) is 5.91 Å². The van der Waals surface area contributed by atoms with Crippen LogP contribution >= 0.6 is 0 Å². The van der Waals surface area contributed by atoms with Crippen LogP contribution < -0.4 is 5.48 Å². The highest BCUT2D eigenvalue weighted by Crippen LogP contribution is 2.36. The van der Waals surface area contributed by atoms with Crippen LogP contribution in [0.4, 0.5) is 4.39 Å². The first-order valence-electron chi connectivity index (χ1n) is 8.09. The number of carbonyl (C=O) groups is 1. The second-order valence-electron chi connectivity index (χ2n) is 6.28. The maximum atomic E-state index is 13.2. The van der Waals surface area contributed by atoms with Crippen molar-refractivity contribution in [2.45, 2.75) is 24.8 Å². The fourth-order valence-corrected chi connectivity index (χ4v) is 3.45. The Labute approximate surface area is 140 Å². The van der Waals surface area contributed by atoms with Crippen LogP contribution in [0.2, 0.25) is 0 Å². The molecule has 3 rings (SSSR count). The van der Waals surface area contributed by atoms with Gasteiger partial charge in [0.05, 0.1) is 5.41 Å². The van der Waals surface area contributed by atoms with Crippen molar-refractivity contribution in [3.05, 3.63) is 76.7 Å². The average Bonchev–Trinajstić information content (AvgIpc) is 2.63. The van der Waals surface area contributed by atoms with Crippen molar-refractivity contribution >= 4 is 5.91 Å². The normalized spacial score (nSPS) is 17.4. The highest BCUT2D eigenvalue weighted by Gasteiger charge is 2.41. The molecule has 1 amide bonds. The minimum atomic E-state index is -0.872. The first-order valence-corrected chi connectivity index (χ1v) is 8.09. The molecule has 5 heteroatoms. The molecule has 1 fully saturated rings. The maximum absolute atomic E-state index is 13.2. The van der Waals surface area contributed by atoms with E-state index in [1.165, 1.54) is 17.7 Å². The van der Waals surface area contributed by atoms with E-state index >= 15 is 0 Å². The first-order chi connectivity index (χ1) is 11.6. The molecular formula is C19H20FN2O2-. The predicted molar refractivity (Wildman–Crippen MR) is 90.5 cm³/mol. The molecule has 0 atom stereocenters. The Kier molecular flexibility index (Phi) is 4.92. The molecule has 2 aromatic carbocycles. The van der Waals surface area contributed by atoms with Crippen molar-refractivity contribution < 1.29 is 9.18 Å². The third-order valence-corrected chi connectivity index (χ3v) is 4.88. The molecule has 24 heavy (non-hydrogen) atoms. The number of amides is 1. The number of hydrogen-bond acceptors (Lipinski definition) is 3. The summed E-state index contributed by atoms with van der Waals surface area (Å²) in [4.78, 5) is 14.6. The van der Waals surface area contributed by atoms with E-state index in [1.807, 2.05) is 18.2 Å². The van der Waals surface area contributed by atoms with E-state index < -0.39 is 11.3 Å². The number of nitrogens with one attached hydrogen (secondary N) is 1. The van der Waals surface area contributed by atoms with Gasteiger partial charge in [-0.25, -0.2) is 4.39 Å². The molecule has 126 valence electrons. The van der Waals surface area contributed by atoms with E-state index in [4.69, 9.17) is 0 Å². The first kappa shape index (κ1) is 16.6. The second kappa shape index (κ2) is 7.11. The van der Waals surface area contributed by atoms with Gasteiger partial charge in [-0.1, -0.05) is 42.5 Å². The summed E-state index contributed by atoms with van der Waals surface area (Å²) < 4.78 is 13.2. The number of hydrogen-bond donors (Lipinski definition) is 1. The second-order valence-corrected chi connectivity index (χ2v) is 6.28. The molecule has 1 saturated heterocycles. The monoisotopic (exact) mass is 327 g/mol. The molecule has 0 aliphatic carbocycles. The molecular weight excluding hydrogens is 307 g/mol. The van der Waals surface area contributed by atoms with Crippen molar-refractivity contribution in [3.63, 3.8) is 0 Å². The molecule has 1 heterocycles. The maximum Gasteiger partial charge on any atom is 0.220 e. The van der Waals surface area contributed by atoms with Gasteiger partial charge in [-0.15, -0.1) is 0 Å².